The van der Waals surface area contributed by atoms with Crippen LogP contribution in [0.15, 0.2) is 18.0 Å². The van der Waals surface area contributed by atoms with Crippen LogP contribution in [0.2, 0.25) is 0 Å². The lowest BCUT2D eigenvalue weighted by Gasteiger charge is -2.07. The van der Waals surface area contributed by atoms with Gasteiger partial charge in [-0.1, -0.05) is 0 Å². The van der Waals surface area contributed by atoms with Crippen molar-refractivity contribution in [3.63, 3.8) is 0 Å². The van der Waals surface area contributed by atoms with Crippen LogP contribution >= 0.6 is 11.3 Å². The molecule has 3 aromatic heterocycles. The van der Waals surface area contributed by atoms with Gasteiger partial charge < -0.3 is 10.6 Å². The molecule has 0 amide bonds. The zero-order chi connectivity index (χ0) is 14.7. The van der Waals surface area contributed by atoms with Gasteiger partial charge in [-0.3, -0.25) is 0 Å². The van der Waals surface area contributed by atoms with Crippen molar-refractivity contribution < 1.29 is 0 Å². The summed E-state index contributed by atoms with van der Waals surface area (Å²) in [6, 6.07) is 0. The van der Waals surface area contributed by atoms with Crippen molar-refractivity contribution in [3.8, 4) is 5.95 Å². The fourth-order valence-electron chi connectivity index (χ4n) is 1.63. The maximum atomic E-state index is 4.38. The molecule has 9 nitrogen and oxygen atoms in total. The number of aryl methyl sites for hydroxylation is 1. The number of hydrogen-bond donors (Lipinski definition) is 2. The van der Waals surface area contributed by atoms with E-state index >= 15 is 0 Å². The molecule has 0 aliphatic heterocycles. The molecular weight excluding hydrogens is 290 g/mol. The average molecular weight is 303 g/mol. The van der Waals surface area contributed by atoms with E-state index in [0.29, 0.717) is 24.4 Å². The number of rotatable bonds is 5. The highest BCUT2D eigenvalue weighted by molar-refractivity contribution is 7.09. The summed E-state index contributed by atoms with van der Waals surface area (Å²) in [7, 11) is 1.74. The van der Waals surface area contributed by atoms with E-state index in [9.17, 15) is 0 Å². The first-order valence-corrected chi connectivity index (χ1v) is 7.06. The van der Waals surface area contributed by atoms with Crippen LogP contribution in [0.1, 0.15) is 10.7 Å². The van der Waals surface area contributed by atoms with Crippen molar-refractivity contribution in [2.75, 3.05) is 17.7 Å². The van der Waals surface area contributed by atoms with E-state index in [2.05, 4.69) is 40.7 Å². The zero-order valence-corrected chi connectivity index (χ0v) is 12.3. The largest absolute Gasteiger partial charge is 0.357 e. The molecule has 0 bridgehead atoms. The van der Waals surface area contributed by atoms with Crippen LogP contribution in [0.3, 0.4) is 0 Å². The highest BCUT2D eigenvalue weighted by atomic mass is 32.1. The minimum Gasteiger partial charge on any atom is -0.357 e. The van der Waals surface area contributed by atoms with E-state index in [1.54, 1.807) is 18.4 Å². The molecule has 3 aromatic rings. The van der Waals surface area contributed by atoms with Gasteiger partial charge >= 0.3 is 0 Å². The Hall–Kier alpha value is -2.62. The predicted octanol–water partition coefficient (Wildman–Crippen LogP) is 0.871. The monoisotopic (exact) mass is 303 g/mol. The van der Waals surface area contributed by atoms with E-state index in [-0.39, 0.29) is 0 Å². The zero-order valence-electron chi connectivity index (χ0n) is 11.5. The average Bonchev–Trinajstić information content (AvgIpc) is 3.16. The number of nitrogens with one attached hydrogen (secondary N) is 2. The van der Waals surface area contributed by atoms with E-state index in [1.165, 1.54) is 17.3 Å². The standard InChI is InChI=1S/C11H13N9S/c1-7-16-8(4-21-7)3-14-10-17-9(12-2)18-11(19-10)20-6-13-5-15-20/h4-6H,3H2,1-2H3,(H2,12,14,17,18,19). The molecule has 3 heterocycles. The van der Waals surface area contributed by atoms with Gasteiger partial charge in [-0.25, -0.2) is 9.97 Å². The van der Waals surface area contributed by atoms with Gasteiger partial charge in [-0.2, -0.15) is 24.7 Å². The number of hydrogen-bond acceptors (Lipinski definition) is 9. The van der Waals surface area contributed by atoms with Gasteiger partial charge in [0, 0.05) is 12.4 Å². The maximum Gasteiger partial charge on any atom is 0.258 e. The normalized spacial score (nSPS) is 10.6. The van der Waals surface area contributed by atoms with Crippen molar-refractivity contribution in [3.05, 3.63) is 28.7 Å². The fourth-order valence-corrected chi connectivity index (χ4v) is 2.24. The van der Waals surface area contributed by atoms with Gasteiger partial charge in [-0.15, -0.1) is 11.3 Å². The molecule has 108 valence electrons. The molecule has 2 N–H and O–H groups in total. The summed E-state index contributed by atoms with van der Waals surface area (Å²) in [5.74, 6) is 1.29. The summed E-state index contributed by atoms with van der Waals surface area (Å²) in [6.07, 6.45) is 2.95. The molecule has 0 radical (unpaired) electrons. The van der Waals surface area contributed by atoms with Gasteiger partial charge in [-0.05, 0) is 6.92 Å². The third-order valence-electron chi connectivity index (χ3n) is 2.57. The molecule has 0 aromatic carbocycles. The fraction of sp³-hybridized carbons (Fsp3) is 0.273. The van der Waals surface area contributed by atoms with Gasteiger partial charge in [0.1, 0.15) is 12.7 Å². The smallest absolute Gasteiger partial charge is 0.258 e. The molecular formula is C11H13N9S. The Morgan fingerprint density at radius 3 is 2.71 bits per heavy atom. The Morgan fingerprint density at radius 1 is 1.19 bits per heavy atom. The number of anilines is 2. The van der Waals surface area contributed by atoms with E-state index < -0.39 is 0 Å². The quantitative estimate of drug-likeness (QED) is 0.715. The summed E-state index contributed by atoms with van der Waals surface area (Å²) >= 11 is 1.61. The maximum absolute atomic E-state index is 4.38. The highest BCUT2D eigenvalue weighted by Crippen LogP contribution is 2.11. The molecule has 10 heteroatoms. The van der Waals surface area contributed by atoms with Crippen LogP contribution < -0.4 is 10.6 Å². The topological polar surface area (TPSA) is 106 Å². The van der Waals surface area contributed by atoms with E-state index in [4.69, 9.17) is 0 Å². The van der Waals surface area contributed by atoms with Crippen molar-refractivity contribution in [1.29, 1.82) is 0 Å². The number of thiazole rings is 1. The molecule has 0 fully saturated rings. The highest BCUT2D eigenvalue weighted by Gasteiger charge is 2.08. The Labute approximate surface area is 124 Å². The first-order chi connectivity index (χ1) is 10.2. The van der Waals surface area contributed by atoms with Crippen LogP contribution in [-0.2, 0) is 6.54 Å². The molecule has 0 saturated carbocycles. The van der Waals surface area contributed by atoms with Crippen molar-refractivity contribution in [1.82, 2.24) is 34.7 Å². The van der Waals surface area contributed by atoms with Gasteiger partial charge in [0.15, 0.2) is 0 Å². The lowest BCUT2D eigenvalue weighted by atomic mass is 10.5. The Bertz CT molecular complexity index is 721. The first-order valence-electron chi connectivity index (χ1n) is 6.18. The van der Waals surface area contributed by atoms with Crippen LogP contribution in [0.4, 0.5) is 11.9 Å². The van der Waals surface area contributed by atoms with Gasteiger partial charge in [0.05, 0.1) is 17.2 Å². The summed E-state index contributed by atoms with van der Waals surface area (Å²) in [5.41, 5.74) is 0.950. The van der Waals surface area contributed by atoms with Crippen LogP contribution in [-0.4, -0.2) is 41.7 Å². The van der Waals surface area contributed by atoms with Crippen molar-refractivity contribution >= 4 is 23.2 Å². The van der Waals surface area contributed by atoms with Crippen LogP contribution in [0.5, 0.6) is 0 Å². The third-order valence-corrected chi connectivity index (χ3v) is 3.39. The molecule has 0 unspecified atom stereocenters. The summed E-state index contributed by atoms with van der Waals surface area (Å²) in [6.45, 7) is 2.52. The second kappa shape index (κ2) is 5.79. The molecule has 0 aliphatic rings. The van der Waals surface area contributed by atoms with E-state index in [1.807, 2.05) is 12.3 Å². The molecule has 21 heavy (non-hydrogen) atoms. The number of nitrogens with zero attached hydrogens (tertiary/aromatic N) is 7. The summed E-state index contributed by atoms with van der Waals surface area (Å²) in [4.78, 5) is 21.1. The lowest BCUT2D eigenvalue weighted by Crippen LogP contribution is -2.11. The lowest BCUT2D eigenvalue weighted by molar-refractivity contribution is 0.795. The summed E-state index contributed by atoms with van der Waals surface area (Å²) < 4.78 is 1.47. The van der Waals surface area contributed by atoms with Crippen LogP contribution in [0, 0.1) is 6.92 Å². The molecule has 0 aliphatic carbocycles. The van der Waals surface area contributed by atoms with Crippen molar-refractivity contribution in [2.45, 2.75) is 13.5 Å². The molecule has 0 spiro atoms. The van der Waals surface area contributed by atoms with Gasteiger partial charge in [0.2, 0.25) is 11.9 Å². The Morgan fingerprint density at radius 2 is 2.05 bits per heavy atom. The Kier molecular flexibility index (Phi) is 3.69. The Balaban J connectivity index is 1.82. The predicted molar refractivity (Wildman–Crippen MR) is 78.5 cm³/mol. The van der Waals surface area contributed by atoms with Crippen LogP contribution in [0.25, 0.3) is 5.95 Å². The minimum absolute atomic E-state index is 0.392. The molecule has 0 atom stereocenters. The minimum atomic E-state index is 0.392. The van der Waals surface area contributed by atoms with Crippen molar-refractivity contribution in [2.24, 2.45) is 0 Å². The second-order valence-electron chi connectivity index (χ2n) is 4.08. The van der Waals surface area contributed by atoms with Gasteiger partial charge in [0.25, 0.3) is 5.95 Å². The van der Waals surface area contributed by atoms with E-state index in [0.717, 1.165) is 10.7 Å². The molecule has 3 rings (SSSR count). The molecule has 0 saturated heterocycles. The number of aromatic nitrogens is 7. The third kappa shape index (κ3) is 3.11. The SMILES string of the molecule is CNc1nc(NCc2csc(C)n2)nc(-n2cncn2)n1. The second-order valence-corrected chi connectivity index (χ2v) is 5.15. The first kappa shape index (κ1) is 13.4. The summed E-state index contributed by atoms with van der Waals surface area (Å²) in [5, 5.41) is 13.1.